The van der Waals surface area contributed by atoms with Gasteiger partial charge in [-0.1, -0.05) is 12.1 Å². The lowest BCUT2D eigenvalue weighted by atomic mass is 9.93. The molecule has 0 aliphatic carbocycles. The van der Waals surface area contributed by atoms with Crippen molar-refractivity contribution >= 4 is 0 Å². The highest BCUT2D eigenvalue weighted by Gasteiger charge is 2.43. The van der Waals surface area contributed by atoms with Crippen molar-refractivity contribution in [2.45, 2.75) is 38.5 Å². The monoisotopic (exact) mass is 350 g/mol. The first-order valence-corrected chi connectivity index (χ1v) is 9.34. The van der Waals surface area contributed by atoms with Crippen LogP contribution in [0.5, 0.6) is 0 Å². The summed E-state index contributed by atoms with van der Waals surface area (Å²) in [6.07, 6.45) is 1.05. The molecule has 2 saturated heterocycles. The molecule has 0 aromatic heterocycles. The van der Waals surface area contributed by atoms with Crippen molar-refractivity contribution < 1.29 is 13.9 Å². The van der Waals surface area contributed by atoms with Gasteiger partial charge in [0.1, 0.15) is 11.4 Å². The molecular weight excluding hydrogens is 319 g/mol. The van der Waals surface area contributed by atoms with E-state index in [4.69, 9.17) is 9.47 Å². The molecule has 1 spiro atoms. The number of hydrogen-bond acceptors (Lipinski definition) is 4. The van der Waals surface area contributed by atoms with Crippen LogP contribution in [0.25, 0.3) is 0 Å². The fourth-order valence-corrected chi connectivity index (χ4v) is 3.85. The molecule has 2 aliphatic heterocycles. The summed E-state index contributed by atoms with van der Waals surface area (Å²) in [6, 6.07) is 7.34. The summed E-state index contributed by atoms with van der Waals surface area (Å²) in [4.78, 5) is 4.77. The largest absolute Gasteiger partial charge is 0.377 e. The van der Waals surface area contributed by atoms with Crippen LogP contribution in [-0.2, 0) is 16.0 Å². The van der Waals surface area contributed by atoms with E-state index in [0.717, 1.165) is 51.4 Å². The van der Waals surface area contributed by atoms with Crippen LogP contribution in [0, 0.1) is 11.7 Å². The van der Waals surface area contributed by atoms with Crippen LogP contribution in [0.4, 0.5) is 4.39 Å². The molecule has 0 unspecified atom stereocenters. The fraction of sp³-hybridized carbons (Fsp3) is 0.700. The van der Waals surface area contributed by atoms with Crippen molar-refractivity contribution in [1.29, 1.82) is 0 Å². The van der Waals surface area contributed by atoms with Crippen molar-refractivity contribution in [3.8, 4) is 0 Å². The summed E-state index contributed by atoms with van der Waals surface area (Å²) >= 11 is 0. The molecule has 2 heterocycles. The number of nitrogens with zero attached hydrogens (tertiary/aromatic N) is 2. The second-order valence-corrected chi connectivity index (χ2v) is 7.99. The Balaban J connectivity index is 1.60. The molecule has 0 radical (unpaired) electrons. The molecule has 2 atom stereocenters. The summed E-state index contributed by atoms with van der Waals surface area (Å²) in [6.45, 7) is 10.3. The topological polar surface area (TPSA) is 24.9 Å². The van der Waals surface area contributed by atoms with E-state index in [-0.39, 0.29) is 11.4 Å². The normalized spacial score (nSPS) is 28.2. The van der Waals surface area contributed by atoms with Gasteiger partial charge in [0.15, 0.2) is 0 Å². The molecule has 5 heteroatoms. The van der Waals surface area contributed by atoms with Gasteiger partial charge in [-0.15, -0.1) is 0 Å². The van der Waals surface area contributed by atoms with Gasteiger partial charge < -0.3 is 14.4 Å². The molecule has 140 valence electrons. The van der Waals surface area contributed by atoms with E-state index < -0.39 is 0 Å². The molecule has 1 aromatic carbocycles. The molecule has 4 nitrogen and oxygen atoms in total. The van der Waals surface area contributed by atoms with Crippen molar-refractivity contribution in [1.82, 2.24) is 9.80 Å². The molecule has 2 fully saturated rings. The Morgan fingerprint density at radius 2 is 2.08 bits per heavy atom. The van der Waals surface area contributed by atoms with Gasteiger partial charge in [-0.25, -0.2) is 4.39 Å². The maximum absolute atomic E-state index is 13.1. The van der Waals surface area contributed by atoms with E-state index in [1.54, 1.807) is 0 Å². The molecular formula is C20H31FN2O2. The standard InChI is InChI=1S/C20H31FN2O2/c1-16(2)22(3)11-18-10-20(25-13-18)14-23(8-9-24-15-20)12-17-4-6-19(21)7-5-17/h4-7,16,18H,8-15H2,1-3H3/t18-,20-/m1/s1. The maximum atomic E-state index is 13.1. The van der Waals surface area contributed by atoms with Gasteiger partial charge in [-0.2, -0.15) is 0 Å². The number of benzene rings is 1. The Morgan fingerprint density at radius 3 is 2.80 bits per heavy atom. The van der Waals surface area contributed by atoms with Crippen LogP contribution in [0.2, 0.25) is 0 Å². The molecule has 1 aromatic rings. The lowest BCUT2D eigenvalue weighted by molar-refractivity contribution is -0.0563. The zero-order chi connectivity index (χ0) is 17.9. The SMILES string of the molecule is CC(C)N(C)C[C@@H]1CO[C@]2(COCCN(Cc3ccc(F)cc3)C2)C1. The lowest BCUT2D eigenvalue weighted by Crippen LogP contribution is -2.44. The van der Waals surface area contributed by atoms with Crippen LogP contribution >= 0.6 is 0 Å². The van der Waals surface area contributed by atoms with Crippen LogP contribution < -0.4 is 0 Å². The minimum Gasteiger partial charge on any atom is -0.377 e. The summed E-state index contributed by atoms with van der Waals surface area (Å²) in [7, 11) is 2.18. The molecule has 0 saturated carbocycles. The first kappa shape index (κ1) is 18.8. The van der Waals surface area contributed by atoms with E-state index >= 15 is 0 Å². The third-order valence-electron chi connectivity index (χ3n) is 5.46. The highest BCUT2D eigenvalue weighted by atomic mass is 19.1. The van der Waals surface area contributed by atoms with Crippen molar-refractivity contribution in [2.24, 2.45) is 5.92 Å². The maximum Gasteiger partial charge on any atom is 0.123 e. The molecule has 0 amide bonds. The Labute approximate surface area is 150 Å². The second kappa shape index (κ2) is 8.12. The summed E-state index contributed by atoms with van der Waals surface area (Å²) in [5.41, 5.74) is 0.937. The number of rotatable bonds is 5. The molecule has 3 rings (SSSR count). The molecule has 25 heavy (non-hydrogen) atoms. The predicted molar refractivity (Wildman–Crippen MR) is 97.1 cm³/mol. The minimum atomic E-state index is -0.195. The minimum absolute atomic E-state index is 0.185. The van der Waals surface area contributed by atoms with Crippen LogP contribution in [-0.4, -0.2) is 67.9 Å². The second-order valence-electron chi connectivity index (χ2n) is 7.99. The molecule has 0 bridgehead atoms. The van der Waals surface area contributed by atoms with E-state index in [2.05, 4.69) is 30.7 Å². The first-order chi connectivity index (χ1) is 12.0. The van der Waals surface area contributed by atoms with E-state index in [9.17, 15) is 4.39 Å². The Kier molecular flexibility index (Phi) is 6.10. The molecule has 2 aliphatic rings. The van der Waals surface area contributed by atoms with Crippen molar-refractivity contribution in [3.05, 3.63) is 35.6 Å². The van der Waals surface area contributed by atoms with E-state index in [1.807, 2.05) is 12.1 Å². The zero-order valence-electron chi connectivity index (χ0n) is 15.7. The van der Waals surface area contributed by atoms with Gasteiger partial charge >= 0.3 is 0 Å². The average Bonchev–Trinajstić information content (AvgIpc) is 2.84. The van der Waals surface area contributed by atoms with Gasteiger partial charge in [0.25, 0.3) is 0 Å². The van der Waals surface area contributed by atoms with E-state index in [0.29, 0.717) is 18.6 Å². The Hall–Kier alpha value is -1.01. The van der Waals surface area contributed by atoms with Gasteiger partial charge in [0.05, 0.1) is 19.8 Å². The number of halogens is 1. The smallest absolute Gasteiger partial charge is 0.123 e. The van der Waals surface area contributed by atoms with E-state index in [1.165, 1.54) is 12.1 Å². The number of ether oxygens (including phenoxy) is 2. The lowest BCUT2D eigenvalue weighted by Gasteiger charge is -2.31. The summed E-state index contributed by atoms with van der Waals surface area (Å²) < 4.78 is 25.3. The Bertz CT molecular complexity index is 551. The first-order valence-electron chi connectivity index (χ1n) is 9.34. The third kappa shape index (κ3) is 5.00. The van der Waals surface area contributed by atoms with Gasteiger partial charge in [-0.05, 0) is 50.9 Å². The third-order valence-corrected chi connectivity index (χ3v) is 5.46. The van der Waals surface area contributed by atoms with Crippen molar-refractivity contribution in [2.75, 3.05) is 46.5 Å². The van der Waals surface area contributed by atoms with Gasteiger partial charge in [0, 0.05) is 32.2 Å². The van der Waals surface area contributed by atoms with Gasteiger partial charge in [-0.3, -0.25) is 4.90 Å². The predicted octanol–water partition coefficient (Wildman–Crippen LogP) is 2.77. The summed E-state index contributed by atoms with van der Waals surface area (Å²) in [5, 5.41) is 0. The number of hydrogen-bond donors (Lipinski definition) is 0. The highest BCUT2D eigenvalue weighted by molar-refractivity contribution is 5.16. The zero-order valence-corrected chi connectivity index (χ0v) is 15.7. The Morgan fingerprint density at radius 1 is 1.32 bits per heavy atom. The highest BCUT2D eigenvalue weighted by Crippen LogP contribution is 2.33. The fourth-order valence-electron chi connectivity index (χ4n) is 3.85. The molecule has 0 N–H and O–H groups in total. The average molecular weight is 350 g/mol. The van der Waals surface area contributed by atoms with Crippen LogP contribution in [0.15, 0.2) is 24.3 Å². The van der Waals surface area contributed by atoms with Crippen LogP contribution in [0.1, 0.15) is 25.8 Å². The van der Waals surface area contributed by atoms with Crippen LogP contribution in [0.3, 0.4) is 0 Å². The summed E-state index contributed by atoms with van der Waals surface area (Å²) in [5.74, 6) is 0.373. The quantitative estimate of drug-likeness (QED) is 0.815. The van der Waals surface area contributed by atoms with Crippen molar-refractivity contribution in [3.63, 3.8) is 0 Å². The van der Waals surface area contributed by atoms with Gasteiger partial charge in [0.2, 0.25) is 0 Å².